The number of carboxylic acid groups (broad SMARTS) is 1. The highest BCUT2D eigenvalue weighted by molar-refractivity contribution is 7.11. The first-order valence-electron chi connectivity index (χ1n) is 4.71. The van der Waals surface area contributed by atoms with E-state index >= 15 is 0 Å². The van der Waals surface area contributed by atoms with Gasteiger partial charge in [0, 0.05) is 11.0 Å². The zero-order valence-electron chi connectivity index (χ0n) is 8.19. The van der Waals surface area contributed by atoms with Crippen LogP contribution in [0, 0.1) is 0 Å². The third-order valence-corrected chi connectivity index (χ3v) is 2.88. The Labute approximate surface area is 87.9 Å². The van der Waals surface area contributed by atoms with Gasteiger partial charge in [0.05, 0.1) is 0 Å². The van der Waals surface area contributed by atoms with E-state index < -0.39 is 5.97 Å². The van der Waals surface area contributed by atoms with Gasteiger partial charge in [-0.3, -0.25) is 0 Å². The molecule has 1 N–H and O–H groups in total. The molecular weight excluding hydrogens is 196 g/mol. The summed E-state index contributed by atoms with van der Waals surface area (Å²) in [6, 6.07) is 2.07. The standard InChI is InChI=1S/C11H14O2S/c1-2-3-4-9-7-8-14-10(9)5-6-11(12)13/h5-8H,2-4H2,1H3,(H,12,13). The zero-order valence-corrected chi connectivity index (χ0v) is 9.01. The lowest BCUT2D eigenvalue weighted by Gasteiger charge is -1.97. The Balaban J connectivity index is 2.67. The van der Waals surface area contributed by atoms with Gasteiger partial charge in [0.1, 0.15) is 0 Å². The van der Waals surface area contributed by atoms with E-state index in [0.29, 0.717) is 0 Å². The second kappa shape index (κ2) is 5.60. The molecule has 3 heteroatoms. The fourth-order valence-corrected chi connectivity index (χ4v) is 2.06. The number of carboxylic acids is 1. The molecule has 0 fully saturated rings. The Bertz CT molecular complexity index is 326. The minimum absolute atomic E-state index is 0.889. The normalized spacial score (nSPS) is 10.9. The van der Waals surface area contributed by atoms with E-state index in [4.69, 9.17) is 5.11 Å². The van der Waals surface area contributed by atoms with E-state index in [2.05, 4.69) is 13.0 Å². The Morgan fingerprint density at radius 3 is 3.07 bits per heavy atom. The summed E-state index contributed by atoms with van der Waals surface area (Å²) < 4.78 is 0. The van der Waals surface area contributed by atoms with Crippen LogP contribution in [0.1, 0.15) is 30.2 Å². The zero-order chi connectivity index (χ0) is 10.4. The number of unbranched alkanes of at least 4 members (excludes halogenated alkanes) is 1. The quantitative estimate of drug-likeness (QED) is 0.758. The van der Waals surface area contributed by atoms with Crippen molar-refractivity contribution in [3.8, 4) is 0 Å². The fourth-order valence-electron chi connectivity index (χ4n) is 1.21. The van der Waals surface area contributed by atoms with Crippen molar-refractivity contribution in [2.45, 2.75) is 26.2 Å². The van der Waals surface area contributed by atoms with Crippen molar-refractivity contribution >= 4 is 23.4 Å². The van der Waals surface area contributed by atoms with Gasteiger partial charge in [-0.05, 0) is 35.9 Å². The molecule has 1 rings (SSSR count). The van der Waals surface area contributed by atoms with Crippen molar-refractivity contribution in [1.29, 1.82) is 0 Å². The highest BCUT2D eigenvalue weighted by Gasteiger charge is 2.00. The van der Waals surface area contributed by atoms with Crippen LogP contribution >= 0.6 is 11.3 Å². The third kappa shape index (κ3) is 3.34. The lowest BCUT2D eigenvalue weighted by atomic mass is 10.1. The van der Waals surface area contributed by atoms with E-state index in [1.54, 1.807) is 17.4 Å². The van der Waals surface area contributed by atoms with Crippen molar-refractivity contribution in [3.63, 3.8) is 0 Å². The van der Waals surface area contributed by atoms with Crippen molar-refractivity contribution in [3.05, 3.63) is 28.0 Å². The smallest absolute Gasteiger partial charge is 0.328 e. The first-order valence-corrected chi connectivity index (χ1v) is 5.59. The Hall–Kier alpha value is -1.09. The van der Waals surface area contributed by atoms with E-state index in [1.165, 1.54) is 11.6 Å². The molecule has 14 heavy (non-hydrogen) atoms. The molecule has 0 unspecified atom stereocenters. The van der Waals surface area contributed by atoms with Gasteiger partial charge in [0.25, 0.3) is 0 Å². The Morgan fingerprint density at radius 2 is 2.43 bits per heavy atom. The van der Waals surface area contributed by atoms with Crippen LogP contribution in [0.25, 0.3) is 6.08 Å². The Morgan fingerprint density at radius 1 is 1.64 bits per heavy atom. The summed E-state index contributed by atoms with van der Waals surface area (Å²) >= 11 is 1.59. The first-order chi connectivity index (χ1) is 6.74. The number of thiophene rings is 1. The van der Waals surface area contributed by atoms with Gasteiger partial charge < -0.3 is 5.11 Å². The lowest BCUT2D eigenvalue weighted by molar-refractivity contribution is -0.131. The molecule has 76 valence electrons. The molecule has 0 saturated heterocycles. The topological polar surface area (TPSA) is 37.3 Å². The molecule has 0 atom stereocenters. The molecule has 0 spiro atoms. The van der Waals surface area contributed by atoms with Gasteiger partial charge in [-0.2, -0.15) is 0 Å². The molecule has 1 aromatic heterocycles. The van der Waals surface area contributed by atoms with Crippen LogP contribution in [0.2, 0.25) is 0 Å². The van der Waals surface area contributed by atoms with E-state index in [-0.39, 0.29) is 0 Å². The molecule has 2 nitrogen and oxygen atoms in total. The first kappa shape index (κ1) is 11.0. The fraction of sp³-hybridized carbons (Fsp3) is 0.364. The third-order valence-electron chi connectivity index (χ3n) is 1.96. The van der Waals surface area contributed by atoms with Crippen LogP contribution in [0.15, 0.2) is 17.5 Å². The van der Waals surface area contributed by atoms with Crippen molar-refractivity contribution in [2.75, 3.05) is 0 Å². The minimum atomic E-state index is -0.889. The van der Waals surface area contributed by atoms with Gasteiger partial charge in [0.15, 0.2) is 0 Å². The number of rotatable bonds is 5. The highest BCUT2D eigenvalue weighted by atomic mass is 32.1. The number of carbonyl (C=O) groups is 1. The summed E-state index contributed by atoms with van der Waals surface area (Å²) in [5, 5.41) is 10.5. The van der Waals surface area contributed by atoms with Gasteiger partial charge in [-0.1, -0.05) is 13.3 Å². The van der Waals surface area contributed by atoms with Crippen molar-refractivity contribution in [2.24, 2.45) is 0 Å². The van der Waals surface area contributed by atoms with E-state index in [1.807, 2.05) is 5.38 Å². The molecule has 0 bridgehead atoms. The summed E-state index contributed by atoms with van der Waals surface area (Å²) in [5.74, 6) is -0.889. The van der Waals surface area contributed by atoms with Crippen LogP contribution < -0.4 is 0 Å². The highest BCUT2D eigenvalue weighted by Crippen LogP contribution is 2.20. The number of aliphatic carboxylic acids is 1. The summed E-state index contributed by atoms with van der Waals surface area (Å²) in [5.41, 5.74) is 1.26. The maximum atomic E-state index is 10.3. The maximum absolute atomic E-state index is 10.3. The van der Waals surface area contributed by atoms with Crippen LogP contribution in [0.4, 0.5) is 0 Å². The van der Waals surface area contributed by atoms with E-state index in [0.717, 1.165) is 24.1 Å². The average Bonchev–Trinajstić information content (AvgIpc) is 2.58. The lowest BCUT2D eigenvalue weighted by Crippen LogP contribution is -1.87. The summed E-state index contributed by atoms with van der Waals surface area (Å²) in [4.78, 5) is 11.4. The molecule has 1 aromatic rings. The van der Waals surface area contributed by atoms with Gasteiger partial charge in [-0.15, -0.1) is 11.3 Å². The van der Waals surface area contributed by atoms with Crippen molar-refractivity contribution in [1.82, 2.24) is 0 Å². The van der Waals surface area contributed by atoms with Gasteiger partial charge in [-0.25, -0.2) is 4.79 Å². The molecule has 0 aliphatic carbocycles. The second-order valence-electron chi connectivity index (χ2n) is 3.09. The monoisotopic (exact) mass is 210 g/mol. The predicted molar refractivity (Wildman–Crippen MR) is 59.6 cm³/mol. The van der Waals surface area contributed by atoms with Crippen molar-refractivity contribution < 1.29 is 9.90 Å². The van der Waals surface area contributed by atoms with Crippen LogP contribution in [-0.2, 0) is 11.2 Å². The van der Waals surface area contributed by atoms with Crippen LogP contribution in [0.5, 0.6) is 0 Å². The number of hydrogen-bond acceptors (Lipinski definition) is 2. The Kier molecular flexibility index (Phi) is 4.40. The van der Waals surface area contributed by atoms with Gasteiger partial charge >= 0.3 is 5.97 Å². The molecular formula is C11H14O2S. The number of aryl methyl sites for hydroxylation is 1. The molecule has 0 saturated carbocycles. The largest absolute Gasteiger partial charge is 0.478 e. The molecule has 0 aliphatic rings. The second-order valence-corrected chi connectivity index (χ2v) is 4.03. The molecule has 0 radical (unpaired) electrons. The van der Waals surface area contributed by atoms with E-state index in [9.17, 15) is 4.79 Å². The minimum Gasteiger partial charge on any atom is -0.478 e. The van der Waals surface area contributed by atoms with Crippen LogP contribution in [0.3, 0.4) is 0 Å². The predicted octanol–water partition coefficient (Wildman–Crippen LogP) is 3.19. The maximum Gasteiger partial charge on any atom is 0.328 e. The summed E-state index contributed by atoms with van der Waals surface area (Å²) in [6.07, 6.45) is 6.24. The SMILES string of the molecule is CCCCc1ccsc1C=CC(=O)O. The van der Waals surface area contributed by atoms with Gasteiger partial charge in [0.2, 0.25) is 0 Å². The number of hydrogen-bond donors (Lipinski definition) is 1. The molecule has 1 heterocycles. The summed E-state index contributed by atoms with van der Waals surface area (Å²) in [7, 11) is 0. The molecule has 0 aliphatic heterocycles. The average molecular weight is 210 g/mol. The summed E-state index contributed by atoms with van der Waals surface area (Å²) in [6.45, 7) is 2.15. The molecule has 0 aromatic carbocycles. The van der Waals surface area contributed by atoms with Crippen LogP contribution in [-0.4, -0.2) is 11.1 Å². The molecule has 0 amide bonds.